The Labute approximate surface area is 140 Å². The van der Waals surface area contributed by atoms with Crippen LogP contribution in [0.3, 0.4) is 0 Å². The van der Waals surface area contributed by atoms with Gasteiger partial charge in [-0.25, -0.2) is 0 Å². The van der Waals surface area contributed by atoms with Gasteiger partial charge in [-0.05, 0) is 48.9 Å². The normalized spacial score (nSPS) is 12.1. The maximum atomic E-state index is 12.3. The minimum Gasteiger partial charge on any atom is -0.325 e. The van der Waals surface area contributed by atoms with E-state index in [2.05, 4.69) is 35.6 Å². The van der Waals surface area contributed by atoms with E-state index in [1.165, 1.54) is 16.3 Å². The van der Waals surface area contributed by atoms with Crippen molar-refractivity contribution in [2.24, 2.45) is 0 Å². The summed E-state index contributed by atoms with van der Waals surface area (Å²) in [5.41, 5.74) is 2.02. The Morgan fingerprint density at radius 2 is 1.65 bits per heavy atom. The number of nitrogens with one attached hydrogen (secondary N) is 1. The maximum absolute atomic E-state index is 12.3. The predicted octanol–water partition coefficient (Wildman–Crippen LogP) is 5.27. The van der Waals surface area contributed by atoms with Crippen molar-refractivity contribution in [1.82, 2.24) is 0 Å². The van der Waals surface area contributed by atoms with Gasteiger partial charge in [-0.3, -0.25) is 4.79 Å². The van der Waals surface area contributed by atoms with Gasteiger partial charge in [-0.2, -0.15) is 0 Å². The second-order valence-electron chi connectivity index (χ2n) is 5.62. The van der Waals surface area contributed by atoms with Crippen molar-refractivity contribution in [3.05, 3.63) is 72.3 Å². The zero-order valence-electron chi connectivity index (χ0n) is 13.2. The van der Waals surface area contributed by atoms with Gasteiger partial charge in [0.1, 0.15) is 0 Å². The highest BCUT2D eigenvalue weighted by molar-refractivity contribution is 8.00. The lowest BCUT2D eigenvalue weighted by atomic mass is 10.1. The molecule has 0 fully saturated rings. The lowest BCUT2D eigenvalue weighted by molar-refractivity contribution is -0.115. The largest absolute Gasteiger partial charge is 0.325 e. The Balaban J connectivity index is 1.68. The standard InChI is InChI=1S/C20H19NOS/c1-14-7-10-18(11-8-14)21-20(22)15(2)23-19-12-9-16-5-3-4-6-17(16)13-19/h3-13,15H,1-2H3,(H,21,22)/t15-/m1/s1. The number of aryl methyl sites for hydroxylation is 1. The molecule has 0 unspecified atom stereocenters. The number of thioether (sulfide) groups is 1. The molecule has 0 aliphatic rings. The van der Waals surface area contributed by atoms with Gasteiger partial charge in [-0.1, -0.05) is 48.0 Å². The van der Waals surface area contributed by atoms with E-state index in [0.717, 1.165) is 10.6 Å². The molecule has 0 saturated carbocycles. The van der Waals surface area contributed by atoms with Crippen LogP contribution in [-0.4, -0.2) is 11.2 Å². The fourth-order valence-electron chi connectivity index (χ4n) is 2.38. The molecule has 23 heavy (non-hydrogen) atoms. The highest BCUT2D eigenvalue weighted by atomic mass is 32.2. The average Bonchev–Trinajstić information content (AvgIpc) is 2.56. The maximum Gasteiger partial charge on any atom is 0.237 e. The Hall–Kier alpha value is -2.26. The Kier molecular flexibility index (Phi) is 4.68. The first-order valence-corrected chi connectivity index (χ1v) is 8.53. The number of carbonyl (C=O) groups excluding carboxylic acids is 1. The summed E-state index contributed by atoms with van der Waals surface area (Å²) in [6.45, 7) is 3.97. The fourth-order valence-corrected chi connectivity index (χ4v) is 3.29. The summed E-state index contributed by atoms with van der Waals surface area (Å²) in [6.07, 6.45) is 0. The molecular weight excluding hydrogens is 302 g/mol. The van der Waals surface area contributed by atoms with Crippen LogP contribution >= 0.6 is 11.8 Å². The summed E-state index contributed by atoms with van der Waals surface area (Å²) in [5, 5.41) is 5.23. The third kappa shape index (κ3) is 3.93. The first kappa shape index (κ1) is 15.6. The van der Waals surface area contributed by atoms with E-state index in [1.807, 2.05) is 50.2 Å². The molecule has 2 nitrogen and oxygen atoms in total. The number of hydrogen-bond acceptors (Lipinski definition) is 2. The fraction of sp³-hybridized carbons (Fsp3) is 0.150. The van der Waals surface area contributed by atoms with Crippen LogP contribution in [0.4, 0.5) is 5.69 Å². The molecule has 0 aromatic heterocycles. The van der Waals surface area contributed by atoms with Crippen LogP contribution in [0.2, 0.25) is 0 Å². The zero-order chi connectivity index (χ0) is 16.2. The molecule has 0 radical (unpaired) electrons. The van der Waals surface area contributed by atoms with E-state index in [-0.39, 0.29) is 11.2 Å². The summed E-state index contributed by atoms with van der Waals surface area (Å²) >= 11 is 1.58. The van der Waals surface area contributed by atoms with Crippen LogP contribution in [0.25, 0.3) is 10.8 Å². The molecule has 0 saturated heterocycles. The van der Waals surface area contributed by atoms with Crippen LogP contribution < -0.4 is 5.32 Å². The van der Waals surface area contributed by atoms with Gasteiger partial charge in [-0.15, -0.1) is 11.8 Å². The van der Waals surface area contributed by atoms with Crippen LogP contribution in [0.15, 0.2) is 71.6 Å². The van der Waals surface area contributed by atoms with Gasteiger partial charge in [0.25, 0.3) is 0 Å². The molecule has 3 heteroatoms. The lowest BCUT2D eigenvalue weighted by Gasteiger charge is -2.12. The predicted molar refractivity (Wildman–Crippen MR) is 99.1 cm³/mol. The monoisotopic (exact) mass is 321 g/mol. The van der Waals surface area contributed by atoms with E-state index in [1.54, 1.807) is 11.8 Å². The molecule has 3 aromatic rings. The molecule has 0 spiro atoms. The third-order valence-electron chi connectivity index (χ3n) is 3.72. The van der Waals surface area contributed by atoms with Crippen molar-refractivity contribution in [3.63, 3.8) is 0 Å². The van der Waals surface area contributed by atoms with Crippen LogP contribution in [-0.2, 0) is 4.79 Å². The molecule has 1 N–H and O–H groups in total. The SMILES string of the molecule is Cc1ccc(NC(=O)[C@@H](C)Sc2ccc3ccccc3c2)cc1. The number of rotatable bonds is 4. The number of anilines is 1. The second-order valence-corrected chi connectivity index (χ2v) is 7.04. The van der Waals surface area contributed by atoms with Crippen molar-refractivity contribution >= 4 is 34.1 Å². The average molecular weight is 321 g/mol. The number of amides is 1. The Morgan fingerprint density at radius 1 is 0.957 bits per heavy atom. The summed E-state index contributed by atoms with van der Waals surface area (Å²) in [7, 11) is 0. The van der Waals surface area contributed by atoms with Gasteiger partial charge in [0.05, 0.1) is 5.25 Å². The van der Waals surface area contributed by atoms with Gasteiger partial charge in [0, 0.05) is 10.6 Å². The first-order chi connectivity index (χ1) is 11.1. The topological polar surface area (TPSA) is 29.1 Å². The number of carbonyl (C=O) groups is 1. The van der Waals surface area contributed by atoms with E-state index >= 15 is 0 Å². The van der Waals surface area contributed by atoms with Gasteiger partial charge >= 0.3 is 0 Å². The highest BCUT2D eigenvalue weighted by Crippen LogP contribution is 2.27. The summed E-state index contributed by atoms with van der Waals surface area (Å²) in [6, 6.07) is 22.4. The van der Waals surface area contributed by atoms with Crippen molar-refractivity contribution in [2.75, 3.05) is 5.32 Å². The first-order valence-electron chi connectivity index (χ1n) is 7.65. The number of fused-ring (bicyclic) bond motifs is 1. The Bertz CT molecular complexity index is 826. The summed E-state index contributed by atoms with van der Waals surface area (Å²) < 4.78 is 0. The number of hydrogen-bond donors (Lipinski definition) is 1. The minimum atomic E-state index is -0.155. The quantitative estimate of drug-likeness (QED) is 0.663. The van der Waals surface area contributed by atoms with Gasteiger partial charge in [0.15, 0.2) is 0 Å². The van der Waals surface area contributed by atoms with Gasteiger partial charge in [0.2, 0.25) is 5.91 Å². The minimum absolute atomic E-state index is 0.0204. The molecular formula is C20H19NOS. The van der Waals surface area contributed by atoms with E-state index in [4.69, 9.17) is 0 Å². The van der Waals surface area contributed by atoms with E-state index in [9.17, 15) is 4.79 Å². The van der Waals surface area contributed by atoms with E-state index < -0.39 is 0 Å². The van der Waals surface area contributed by atoms with Crippen LogP contribution in [0.5, 0.6) is 0 Å². The third-order valence-corrected chi connectivity index (χ3v) is 4.82. The molecule has 1 atom stereocenters. The number of benzene rings is 3. The van der Waals surface area contributed by atoms with E-state index in [0.29, 0.717) is 0 Å². The van der Waals surface area contributed by atoms with Crippen molar-refractivity contribution < 1.29 is 4.79 Å². The van der Waals surface area contributed by atoms with Crippen LogP contribution in [0, 0.1) is 6.92 Å². The van der Waals surface area contributed by atoms with Gasteiger partial charge < -0.3 is 5.32 Å². The lowest BCUT2D eigenvalue weighted by Crippen LogP contribution is -2.22. The molecule has 1 amide bonds. The molecule has 116 valence electrons. The molecule has 0 aliphatic carbocycles. The van der Waals surface area contributed by atoms with Crippen molar-refractivity contribution in [2.45, 2.75) is 24.0 Å². The molecule has 3 rings (SSSR count). The highest BCUT2D eigenvalue weighted by Gasteiger charge is 2.14. The zero-order valence-corrected chi connectivity index (χ0v) is 14.1. The summed E-state index contributed by atoms with van der Waals surface area (Å²) in [4.78, 5) is 13.4. The van der Waals surface area contributed by atoms with Crippen molar-refractivity contribution in [1.29, 1.82) is 0 Å². The smallest absolute Gasteiger partial charge is 0.237 e. The van der Waals surface area contributed by atoms with Crippen molar-refractivity contribution in [3.8, 4) is 0 Å². The molecule has 3 aromatic carbocycles. The second kappa shape index (κ2) is 6.88. The summed E-state index contributed by atoms with van der Waals surface area (Å²) in [5.74, 6) is 0.0204. The molecule has 0 heterocycles. The molecule has 0 bridgehead atoms. The Morgan fingerprint density at radius 3 is 2.39 bits per heavy atom. The molecule has 0 aliphatic heterocycles. The van der Waals surface area contributed by atoms with Crippen LogP contribution in [0.1, 0.15) is 12.5 Å².